The molecule has 0 radical (unpaired) electrons. The highest BCUT2D eigenvalue weighted by Crippen LogP contribution is 2.12. The highest BCUT2D eigenvalue weighted by molar-refractivity contribution is 5.76. The van der Waals surface area contributed by atoms with Crippen LogP contribution in [0.5, 0.6) is 0 Å². The van der Waals surface area contributed by atoms with Crippen molar-refractivity contribution in [2.45, 2.75) is 31.9 Å². The second-order valence-corrected chi connectivity index (χ2v) is 4.61. The molecule has 0 unspecified atom stereocenters. The number of amides is 1. The fourth-order valence-corrected chi connectivity index (χ4v) is 2.13. The Morgan fingerprint density at radius 2 is 2.42 bits per heavy atom. The van der Waals surface area contributed by atoms with E-state index in [2.05, 4.69) is 4.98 Å². The van der Waals surface area contributed by atoms with Gasteiger partial charge in [-0.05, 0) is 22.7 Å². The monoisotopic (exact) mass is 268 g/mol. The van der Waals surface area contributed by atoms with E-state index in [0.29, 0.717) is 19.6 Å². The van der Waals surface area contributed by atoms with E-state index >= 15 is 0 Å². The molecule has 1 atom stereocenters. The van der Waals surface area contributed by atoms with Gasteiger partial charge >= 0.3 is 5.82 Å². The number of nitrogens with zero attached hydrogens (tertiary/aromatic N) is 4. The van der Waals surface area contributed by atoms with Crippen LogP contribution < -0.4 is 0 Å². The van der Waals surface area contributed by atoms with E-state index in [-0.39, 0.29) is 18.1 Å². The predicted octanol–water partition coefficient (Wildman–Crippen LogP) is 0.165. The molecule has 1 aliphatic heterocycles. The number of aliphatic hydroxyl groups is 1. The van der Waals surface area contributed by atoms with Crippen LogP contribution in [-0.2, 0) is 11.3 Å². The quantitative estimate of drug-likeness (QED) is 0.619. The highest BCUT2D eigenvalue weighted by atomic mass is 16.6. The molecule has 0 aromatic carbocycles. The van der Waals surface area contributed by atoms with E-state index in [9.17, 15) is 20.0 Å². The number of aromatic nitrogens is 2. The predicted molar refractivity (Wildman–Crippen MR) is 65.3 cm³/mol. The molecule has 1 aromatic rings. The Morgan fingerprint density at radius 1 is 1.63 bits per heavy atom. The third kappa shape index (κ3) is 3.50. The normalized spacial score (nSPS) is 19.4. The summed E-state index contributed by atoms with van der Waals surface area (Å²) < 4.78 is 1.52. The van der Waals surface area contributed by atoms with Crippen molar-refractivity contribution >= 4 is 11.7 Å². The van der Waals surface area contributed by atoms with Gasteiger partial charge in [-0.2, -0.15) is 0 Å². The van der Waals surface area contributed by atoms with Crippen LogP contribution in [0.4, 0.5) is 5.82 Å². The summed E-state index contributed by atoms with van der Waals surface area (Å²) in [6.07, 6.45) is 4.00. The lowest BCUT2D eigenvalue weighted by atomic mass is 10.1. The lowest BCUT2D eigenvalue weighted by molar-refractivity contribution is -0.389. The maximum atomic E-state index is 11.9. The highest BCUT2D eigenvalue weighted by Gasteiger charge is 2.21. The summed E-state index contributed by atoms with van der Waals surface area (Å²) >= 11 is 0. The van der Waals surface area contributed by atoms with Crippen LogP contribution in [-0.4, -0.2) is 49.6 Å². The first-order valence-corrected chi connectivity index (χ1v) is 6.18. The molecule has 0 saturated carbocycles. The molecular weight excluding hydrogens is 252 g/mol. The van der Waals surface area contributed by atoms with Crippen LogP contribution in [0.1, 0.15) is 19.3 Å². The lowest BCUT2D eigenvalue weighted by Crippen LogP contribution is -2.42. The molecule has 1 N–H and O–H groups in total. The first-order valence-electron chi connectivity index (χ1n) is 6.18. The number of nitro groups is 1. The molecule has 8 heteroatoms. The minimum Gasteiger partial charge on any atom is -0.391 e. The van der Waals surface area contributed by atoms with Gasteiger partial charge in [0.1, 0.15) is 6.20 Å². The number of β-amino-alcohol motifs (C(OH)–C–C–N with tert-alkyl or cyclic N) is 1. The zero-order chi connectivity index (χ0) is 13.8. The number of carbonyl (C=O) groups excluding carboxylic acids is 1. The summed E-state index contributed by atoms with van der Waals surface area (Å²) in [7, 11) is 0. The number of imidazole rings is 1. The Morgan fingerprint density at radius 3 is 3.05 bits per heavy atom. The maximum Gasteiger partial charge on any atom is 0.381 e. The average molecular weight is 268 g/mol. The Balaban J connectivity index is 1.84. The van der Waals surface area contributed by atoms with Crippen LogP contribution in [0.2, 0.25) is 0 Å². The number of piperidine rings is 1. The van der Waals surface area contributed by atoms with Crippen molar-refractivity contribution in [1.29, 1.82) is 0 Å². The molecular formula is C11H16N4O4. The largest absolute Gasteiger partial charge is 0.391 e. The van der Waals surface area contributed by atoms with Crippen molar-refractivity contribution in [1.82, 2.24) is 14.5 Å². The zero-order valence-corrected chi connectivity index (χ0v) is 10.4. The van der Waals surface area contributed by atoms with Gasteiger partial charge in [-0.1, -0.05) is 0 Å². The molecule has 1 aromatic heterocycles. The van der Waals surface area contributed by atoms with Crippen molar-refractivity contribution in [2.75, 3.05) is 13.1 Å². The number of aryl methyl sites for hydroxylation is 1. The molecule has 1 fully saturated rings. The molecule has 1 saturated heterocycles. The van der Waals surface area contributed by atoms with Gasteiger partial charge in [0.15, 0.2) is 0 Å². The summed E-state index contributed by atoms with van der Waals surface area (Å²) in [6.45, 7) is 1.40. The number of aliphatic hydroxyl groups excluding tert-OH is 1. The van der Waals surface area contributed by atoms with Gasteiger partial charge in [-0.15, -0.1) is 0 Å². The number of hydrogen-bond acceptors (Lipinski definition) is 5. The first-order chi connectivity index (χ1) is 9.06. The molecule has 1 amide bonds. The van der Waals surface area contributed by atoms with Crippen LogP contribution in [0.25, 0.3) is 0 Å². The van der Waals surface area contributed by atoms with Crippen molar-refractivity contribution in [3.05, 3.63) is 22.6 Å². The third-order valence-corrected chi connectivity index (χ3v) is 3.14. The van der Waals surface area contributed by atoms with Crippen LogP contribution in [0.15, 0.2) is 12.5 Å². The summed E-state index contributed by atoms with van der Waals surface area (Å²) in [5.41, 5.74) is 0. The van der Waals surface area contributed by atoms with E-state index in [1.165, 1.54) is 17.1 Å². The van der Waals surface area contributed by atoms with Gasteiger partial charge in [0.25, 0.3) is 0 Å². The number of rotatable bonds is 4. The fraction of sp³-hybridized carbons (Fsp3) is 0.636. The Labute approximate surface area is 109 Å². The fourth-order valence-electron chi connectivity index (χ4n) is 2.13. The second-order valence-electron chi connectivity index (χ2n) is 4.61. The van der Waals surface area contributed by atoms with Crippen molar-refractivity contribution < 1.29 is 14.8 Å². The lowest BCUT2D eigenvalue weighted by Gasteiger charge is -2.30. The topological polar surface area (TPSA) is 102 Å². The van der Waals surface area contributed by atoms with Crippen molar-refractivity contribution in [3.8, 4) is 0 Å². The molecule has 0 aliphatic carbocycles. The van der Waals surface area contributed by atoms with Gasteiger partial charge in [0.05, 0.1) is 6.10 Å². The van der Waals surface area contributed by atoms with E-state index in [1.54, 1.807) is 4.90 Å². The molecule has 2 rings (SSSR count). The minimum absolute atomic E-state index is 0.0462. The van der Waals surface area contributed by atoms with E-state index in [1.807, 2.05) is 0 Å². The van der Waals surface area contributed by atoms with E-state index in [0.717, 1.165) is 12.8 Å². The molecule has 8 nitrogen and oxygen atoms in total. The Kier molecular flexibility index (Phi) is 4.10. The zero-order valence-electron chi connectivity index (χ0n) is 10.4. The van der Waals surface area contributed by atoms with E-state index < -0.39 is 11.0 Å². The SMILES string of the molecule is O=C(CCn1cnc([N+](=O)[O-])c1)N1CCC[C@H](O)C1. The van der Waals surface area contributed by atoms with Crippen LogP contribution >= 0.6 is 0 Å². The molecule has 1 aliphatic rings. The Hall–Kier alpha value is -1.96. The van der Waals surface area contributed by atoms with Crippen LogP contribution in [0, 0.1) is 10.1 Å². The second kappa shape index (κ2) is 5.79. The maximum absolute atomic E-state index is 11.9. The Bertz CT molecular complexity index is 473. The summed E-state index contributed by atoms with van der Waals surface area (Å²) in [5.74, 6) is -0.268. The molecule has 19 heavy (non-hydrogen) atoms. The number of likely N-dealkylation sites (tertiary alicyclic amines) is 1. The molecule has 104 valence electrons. The van der Waals surface area contributed by atoms with Gasteiger partial charge in [0, 0.05) is 26.1 Å². The smallest absolute Gasteiger partial charge is 0.381 e. The van der Waals surface area contributed by atoms with Crippen molar-refractivity contribution in [3.63, 3.8) is 0 Å². The molecule has 2 heterocycles. The summed E-state index contributed by atoms with van der Waals surface area (Å²) in [4.78, 5) is 27.1. The van der Waals surface area contributed by atoms with Gasteiger partial charge in [-0.25, -0.2) is 0 Å². The standard InChI is InChI=1S/C11H16N4O4/c16-9-2-1-4-14(6-9)11(17)3-5-13-7-10(12-8-13)15(18)19/h7-9,16H,1-6H2/t9-/m0/s1. The summed E-state index contributed by atoms with van der Waals surface area (Å²) in [6, 6.07) is 0. The summed E-state index contributed by atoms with van der Waals surface area (Å²) in [5, 5.41) is 20.0. The van der Waals surface area contributed by atoms with Crippen LogP contribution in [0.3, 0.4) is 0 Å². The van der Waals surface area contributed by atoms with Gasteiger partial charge in [0.2, 0.25) is 12.2 Å². The van der Waals surface area contributed by atoms with Crippen molar-refractivity contribution in [2.24, 2.45) is 0 Å². The van der Waals surface area contributed by atoms with Gasteiger partial charge < -0.3 is 24.7 Å². The number of carbonyl (C=O) groups is 1. The molecule has 0 spiro atoms. The minimum atomic E-state index is -0.570. The first kappa shape index (κ1) is 13.5. The average Bonchev–Trinajstić information content (AvgIpc) is 2.85. The van der Waals surface area contributed by atoms with E-state index in [4.69, 9.17) is 0 Å². The van der Waals surface area contributed by atoms with Gasteiger partial charge in [-0.3, -0.25) is 4.79 Å². The number of hydrogen-bond donors (Lipinski definition) is 1. The molecule has 0 bridgehead atoms. The third-order valence-electron chi connectivity index (χ3n) is 3.14.